The number of aromatic nitrogens is 2. The molecule has 0 bridgehead atoms. The lowest BCUT2D eigenvalue weighted by molar-refractivity contribution is -0.146. The van der Waals surface area contributed by atoms with Crippen molar-refractivity contribution in [2.75, 3.05) is 7.11 Å². The summed E-state index contributed by atoms with van der Waals surface area (Å²) in [7, 11) is 1.38. The number of imidazole rings is 1. The molecule has 4 nitrogen and oxygen atoms in total. The lowest BCUT2D eigenvalue weighted by Gasteiger charge is -2.18. The van der Waals surface area contributed by atoms with Crippen LogP contribution in [-0.4, -0.2) is 23.0 Å². The quantitative estimate of drug-likeness (QED) is 0.871. The molecule has 0 aliphatic carbocycles. The molecule has 106 valence electrons. The molecule has 0 saturated carbocycles. The van der Waals surface area contributed by atoms with Gasteiger partial charge in [0.2, 0.25) is 0 Å². The predicted molar refractivity (Wildman–Crippen MR) is 81.5 cm³/mol. The molecule has 2 aromatic rings. The summed E-state index contributed by atoms with van der Waals surface area (Å²) in [6.45, 7) is 5.53. The molecule has 0 unspecified atom stereocenters. The monoisotopic (exact) mass is 336 g/mol. The van der Waals surface area contributed by atoms with Crippen molar-refractivity contribution in [3.05, 3.63) is 40.3 Å². The third-order valence-electron chi connectivity index (χ3n) is 3.29. The molecular weight excluding hydrogens is 320 g/mol. The number of benzene rings is 1. The Morgan fingerprint density at radius 2 is 1.90 bits per heavy atom. The van der Waals surface area contributed by atoms with Crippen LogP contribution in [0.2, 0.25) is 0 Å². The second kappa shape index (κ2) is 5.40. The molecule has 1 N–H and O–H groups in total. The number of hydrogen-bond donors (Lipinski definition) is 1. The first-order valence-electron chi connectivity index (χ1n) is 6.27. The maximum Gasteiger partial charge on any atom is 0.318 e. The van der Waals surface area contributed by atoms with Gasteiger partial charge in [-0.2, -0.15) is 0 Å². The van der Waals surface area contributed by atoms with Crippen LogP contribution in [0.5, 0.6) is 0 Å². The van der Waals surface area contributed by atoms with Crippen molar-refractivity contribution in [2.45, 2.75) is 26.2 Å². The van der Waals surface area contributed by atoms with Crippen LogP contribution in [0, 0.1) is 6.92 Å². The maximum atomic E-state index is 11.8. The summed E-state index contributed by atoms with van der Waals surface area (Å²) < 4.78 is 5.85. The molecule has 0 spiro atoms. The molecule has 0 saturated heterocycles. The zero-order valence-corrected chi connectivity index (χ0v) is 13.5. The van der Waals surface area contributed by atoms with E-state index in [1.807, 2.05) is 31.2 Å². The topological polar surface area (TPSA) is 55.0 Å². The number of aromatic amines is 1. The number of esters is 1. The van der Waals surface area contributed by atoms with Crippen molar-refractivity contribution in [3.8, 4) is 11.3 Å². The lowest BCUT2D eigenvalue weighted by atomic mass is 9.93. The number of hydrogen-bond acceptors (Lipinski definition) is 3. The molecule has 0 amide bonds. The first kappa shape index (κ1) is 14.8. The Hall–Kier alpha value is -1.62. The van der Waals surface area contributed by atoms with Crippen LogP contribution in [0.25, 0.3) is 11.3 Å². The normalized spacial score (nSPS) is 11.4. The number of halogens is 1. The number of carbonyl (C=O) groups is 1. The molecule has 5 heteroatoms. The second-order valence-electron chi connectivity index (χ2n) is 5.18. The van der Waals surface area contributed by atoms with Gasteiger partial charge in [-0.25, -0.2) is 4.98 Å². The van der Waals surface area contributed by atoms with Crippen molar-refractivity contribution in [1.29, 1.82) is 0 Å². The molecule has 1 heterocycles. The summed E-state index contributed by atoms with van der Waals surface area (Å²) in [4.78, 5) is 19.6. The van der Waals surface area contributed by atoms with E-state index < -0.39 is 5.41 Å². The van der Waals surface area contributed by atoms with Crippen LogP contribution in [0.1, 0.15) is 25.4 Å². The minimum Gasteiger partial charge on any atom is -0.468 e. The Kier molecular flexibility index (Phi) is 3.99. The van der Waals surface area contributed by atoms with Crippen molar-refractivity contribution >= 4 is 21.9 Å². The van der Waals surface area contributed by atoms with E-state index in [1.165, 1.54) is 7.11 Å². The molecule has 0 radical (unpaired) electrons. The molecule has 0 aliphatic rings. The highest BCUT2D eigenvalue weighted by atomic mass is 79.9. The average molecular weight is 337 g/mol. The van der Waals surface area contributed by atoms with E-state index in [-0.39, 0.29) is 5.97 Å². The fourth-order valence-corrected chi connectivity index (χ4v) is 2.26. The van der Waals surface area contributed by atoms with Crippen LogP contribution in [0.4, 0.5) is 0 Å². The number of nitrogens with one attached hydrogen (secondary N) is 1. The fraction of sp³-hybridized carbons (Fsp3) is 0.333. The molecule has 0 aliphatic heterocycles. The maximum absolute atomic E-state index is 11.8. The van der Waals surface area contributed by atoms with E-state index in [9.17, 15) is 4.79 Å². The van der Waals surface area contributed by atoms with Gasteiger partial charge in [0, 0.05) is 15.7 Å². The highest BCUT2D eigenvalue weighted by Gasteiger charge is 2.34. The third-order valence-corrected chi connectivity index (χ3v) is 3.82. The van der Waals surface area contributed by atoms with Crippen molar-refractivity contribution in [2.24, 2.45) is 0 Å². The zero-order valence-electron chi connectivity index (χ0n) is 12.0. The summed E-state index contributed by atoms with van der Waals surface area (Å²) in [6.07, 6.45) is 0. The number of methoxy groups -OCH3 is 1. The number of aryl methyl sites for hydroxylation is 1. The SMILES string of the molecule is COC(=O)C(C)(C)c1nc(-c2ccc(Br)cc2)c(C)[nH]1. The molecular formula is C15H17BrN2O2. The van der Waals surface area contributed by atoms with Gasteiger partial charge in [0.25, 0.3) is 0 Å². The summed E-state index contributed by atoms with van der Waals surface area (Å²) in [6, 6.07) is 7.91. The Morgan fingerprint density at radius 1 is 1.30 bits per heavy atom. The number of ether oxygens (including phenoxy) is 1. The van der Waals surface area contributed by atoms with Gasteiger partial charge in [0.15, 0.2) is 0 Å². The van der Waals surface area contributed by atoms with Crippen molar-refractivity contribution < 1.29 is 9.53 Å². The van der Waals surface area contributed by atoms with Crippen LogP contribution < -0.4 is 0 Å². The number of carbonyl (C=O) groups excluding carboxylic acids is 1. The standard InChI is InChI=1S/C15H17BrN2O2/c1-9-12(10-5-7-11(16)8-6-10)18-13(17-9)15(2,3)14(19)20-4/h5-8H,1-4H3,(H,17,18). The van der Waals surface area contributed by atoms with Gasteiger partial charge < -0.3 is 9.72 Å². The third kappa shape index (κ3) is 2.63. The van der Waals surface area contributed by atoms with Gasteiger partial charge in [-0.1, -0.05) is 28.1 Å². The minimum absolute atomic E-state index is 0.311. The number of rotatable bonds is 3. The highest BCUT2D eigenvalue weighted by molar-refractivity contribution is 9.10. The van der Waals surface area contributed by atoms with Crippen LogP contribution in [0.3, 0.4) is 0 Å². The molecule has 20 heavy (non-hydrogen) atoms. The first-order valence-corrected chi connectivity index (χ1v) is 7.07. The van der Waals surface area contributed by atoms with E-state index in [0.29, 0.717) is 5.82 Å². The van der Waals surface area contributed by atoms with Gasteiger partial charge in [0.1, 0.15) is 11.2 Å². The molecule has 1 aromatic carbocycles. The van der Waals surface area contributed by atoms with Gasteiger partial charge in [-0.05, 0) is 32.9 Å². The smallest absolute Gasteiger partial charge is 0.318 e. The largest absolute Gasteiger partial charge is 0.468 e. The summed E-state index contributed by atoms with van der Waals surface area (Å²) in [5.74, 6) is 0.299. The molecule has 1 aromatic heterocycles. The van der Waals surface area contributed by atoms with E-state index in [0.717, 1.165) is 21.4 Å². The van der Waals surface area contributed by atoms with Crippen molar-refractivity contribution in [3.63, 3.8) is 0 Å². The lowest BCUT2D eigenvalue weighted by Crippen LogP contribution is -2.31. The Morgan fingerprint density at radius 3 is 2.45 bits per heavy atom. The Balaban J connectivity index is 2.44. The Bertz CT molecular complexity index is 630. The van der Waals surface area contributed by atoms with Gasteiger partial charge >= 0.3 is 5.97 Å². The van der Waals surface area contributed by atoms with E-state index in [4.69, 9.17) is 4.74 Å². The van der Waals surface area contributed by atoms with Crippen molar-refractivity contribution in [1.82, 2.24) is 9.97 Å². The van der Waals surface area contributed by atoms with Gasteiger partial charge in [-0.3, -0.25) is 4.79 Å². The van der Waals surface area contributed by atoms with E-state index in [1.54, 1.807) is 13.8 Å². The Labute approximate surface area is 126 Å². The van der Waals surface area contributed by atoms with Crippen LogP contribution in [0.15, 0.2) is 28.7 Å². The number of H-pyrrole nitrogens is 1. The highest BCUT2D eigenvalue weighted by Crippen LogP contribution is 2.28. The molecule has 2 rings (SSSR count). The minimum atomic E-state index is -0.798. The zero-order chi connectivity index (χ0) is 14.9. The second-order valence-corrected chi connectivity index (χ2v) is 6.10. The average Bonchev–Trinajstić information content (AvgIpc) is 2.81. The predicted octanol–water partition coefficient (Wildman–Crippen LogP) is 3.60. The van der Waals surface area contributed by atoms with Gasteiger partial charge in [0.05, 0.1) is 12.8 Å². The van der Waals surface area contributed by atoms with Crippen LogP contribution in [-0.2, 0) is 14.9 Å². The van der Waals surface area contributed by atoms with E-state index in [2.05, 4.69) is 25.9 Å². The molecule has 0 fully saturated rings. The fourth-order valence-electron chi connectivity index (χ4n) is 2.00. The van der Waals surface area contributed by atoms with Gasteiger partial charge in [-0.15, -0.1) is 0 Å². The van der Waals surface area contributed by atoms with Crippen LogP contribution >= 0.6 is 15.9 Å². The van der Waals surface area contributed by atoms with E-state index >= 15 is 0 Å². The summed E-state index contributed by atoms with van der Waals surface area (Å²) in [5, 5.41) is 0. The summed E-state index contributed by atoms with van der Waals surface area (Å²) in [5.41, 5.74) is 1.99. The first-order chi connectivity index (χ1) is 9.36. The summed E-state index contributed by atoms with van der Waals surface area (Å²) >= 11 is 3.41. The molecule has 0 atom stereocenters. The number of nitrogens with zero attached hydrogens (tertiary/aromatic N) is 1.